The van der Waals surface area contributed by atoms with Crippen molar-refractivity contribution in [1.29, 1.82) is 5.26 Å². The third-order valence-corrected chi connectivity index (χ3v) is 4.97. The van der Waals surface area contributed by atoms with E-state index in [1.54, 1.807) is 18.5 Å². The third kappa shape index (κ3) is 4.01. The number of nitriles is 1. The molecule has 0 radical (unpaired) electrons. The lowest BCUT2D eigenvalue weighted by Crippen LogP contribution is -2.53. The Labute approximate surface area is 159 Å². The number of rotatable bonds is 4. The summed E-state index contributed by atoms with van der Waals surface area (Å²) < 4.78 is 0. The van der Waals surface area contributed by atoms with Crippen LogP contribution in [-0.2, 0) is 4.79 Å². The van der Waals surface area contributed by atoms with Gasteiger partial charge in [-0.25, -0.2) is 0 Å². The second-order valence-electron chi connectivity index (χ2n) is 7.64. The van der Waals surface area contributed by atoms with E-state index in [1.807, 2.05) is 19.9 Å². The topological polar surface area (TPSA) is 102 Å². The van der Waals surface area contributed by atoms with Crippen molar-refractivity contribution in [3.8, 4) is 6.07 Å². The van der Waals surface area contributed by atoms with E-state index in [9.17, 15) is 15.2 Å². The summed E-state index contributed by atoms with van der Waals surface area (Å²) in [5, 5.41) is 22.3. The molecule has 1 unspecified atom stereocenters. The maximum absolute atomic E-state index is 12.3. The number of aromatic nitrogens is 2. The molecular formula is C20H25N5O2. The van der Waals surface area contributed by atoms with Gasteiger partial charge in [-0.2, -0.15) is 5.26 Å². The molecule has 1 aromatic heterocycles. The largest absolute Gasteiger partial charge is 0.383 e. The highest BCUT2D eigenvalue weighted by Crippen LogP contribution is 2.30. The molecule has 1 amide bonds. The van der Waals surface area contributed by atoms with E-state index in [2.05, 4.69) is 33.2 Å². The van der Waals surface area contributed by atoms with Crippen molar-refractivity contribution in [2.24, 2.45) is 11.8 Å². The lowest BCUT2D eigenvalue weighted by molar-refractivity contribution is -0.132. The van der Waals surface area contributed by atoms with Crippen molar-refractivity contribution >= 4 is 22.6 Å². The maximum Gasteiger partial charge on any atom is 0.249 e. The number of fused-ring (bicyclic) bond motifs is 1. The third-order valence-electron chi connectivity index (χ3n) is 4.97. The van der Waals surface area contributed by atoms with Crippen molar-refractivity contribution in [1.82, 2.24) is 15.3 Å². The molecule has 7 heteroatoms. The van der Waals surface area contributed by atoms with E-state index >= 15 is 0 Å². The first-order chi connectivity index (χ1) is 12.9. The van der Waals surface area contributed by atoms with Gasteiger partial charge in [0.1, 0.15) is 23.2 Å². The van der Waals surface area contributed by atoms with Gasteiger partial charge < -0.3 is 15.3 Å². The highest BCUT2D eigenvalue weighted by molar-refractivity contribution is 5.92. The van der Waals surface area contributed by atoms with E-state index in [-0.39, 0.29) is 17.9 Å². The number of nitrogens with one attached hydrogen (secondary N) is 1. The van der Waals surface area contributed by atoms with Gasteiger partial charge >= 0.3 is 0 Å². The Hall–Kier alpha value is -2.72. The van der Waals surface area contributed by atoms with Crippen LogP contribution in [0.3, 0.4) is 0 Å². The summed E-state index contributed by atoms with van der Waals surface area (Å²) in [4.78, 5) is 23.2. The SMILES string of the molecule is CC(C)C(O)C(=O)N[C@@H]1C[C@H](C)CN(c2ccc(C#N)c3nccnc23)C1. The molecule has 0 saturated carbocycles. The molecule has 1 fully saturated rings. The number of anilines is 1. The van der Waals surface area contributed by atoms with Gasteiger partial charge in [-0.15, -0.1) is 0 Å². The number of carbonyl (C=O) groups excluding carboxylic acids is 1. The van der Waals surface area contributed by atoms with Crippen molar-refractivity contribution < 1.29 is 9.90 Å². The summed E-state index contributed by atoms with van der Waals surface area (Å²) in [7, 11) is 0. The zero-order chi connectivity index (χ0) is 19.6. The minimum Gasteiger partial charge on any atom is -0.383 e. The Morgan fingerprint density at radius 2 is 2.00 bits per heavy atom. The summed E-state index contributed by atoms with van der Waals surface area (Å²) in [6, 6.07) is 5.77. The van der Waals surface area contributed by atoms with Crippen LogP contribution in [0.15, 0.2) is 24.5 Å². The van der Waals surface area contributed by atoms with Crippen molar-refractivity contribution in [2.75, 3.05) is 18.0 Å². The number of aliphatic hydroxyl groups is 1. The molecule has 0 aliphatic carbocycles. The molecule has 1 aliphatic heterocycles. The highest BCUT2D eigenvalue weighted by Gasteiger charge is 2.29. The molecular weight excluding hydrogens is 342 g/mol. The maximum atomic E-state index is 12.3. The second kappa shape index (κ2) is 7.89. The van der Waals surface area contributed by atoms with Crippen molar-refractivity contribution in [3.05, 3.63) is 30.1 Å². The summed E-state index contributed by atoms with van der Waals surface area (Å²) in [5.41, 5.74) is 2.69. The summed E-state index contributed by atoms with van der Waals surface area (Å²) >= 11 is 0. The number of carbonyl (C=O) groups is 1. The van der Waals surface area contributed by atoms with Crippen LogP contribution in [0.4, 0.5) is 5.69 Å². The number of amides is 1. The fourth-order valence-corrected chi connectivity index (χ4v) is 3.63. The van der Waals surface area contributed by atoms with Crippen LogP contribution in [0, 0.1) is 23.2 Å². The first-order valence-corrected chi connectivity index (χ1v) is 9.28. The van der Waals surface area contributed by atoms with Crippen molar-refractivity contribution in [2.45, 2.75) is 39.3 Å². The van der Waals surface area contributed by atoms with Gasteiger partial charge in [0.2, 0.25) is 5.91 Å². The minimum atomic E-state index is -1.00. The van der Waals surface area contributed by atoms with Crippen LogP contribution >= 0.6 is 0 Å². The monoisotopic (exact) mass is 367 g/mol. The zero-order valence-corrected chi connectivity index (χ0v) is 15.9. The van der Waals surface area contributed by atoms with Gasteiger partial charge in [-0.1, -0.05) is 20.8 Å². The molecule has 7 nitrogen and oxygen atoms in total. The molecule has 27 heavy (non-hydrogen) atoms. The molecule has 0 spiro atoms. The Morgan fingerprint density at radius 3 is 2.67 bits per heavy atom. The van der Waals surface area contributed by atoms with Crippen LogP contribution in [-0.4, -0.2) is 46.2 Å². The Morgan fingerprint density at radius 1 is 1.30 bits per heavy atom. The Kier molecular flexibility index (Phi) is 5.57. The molecule has 2 N–H and O–H groups in total. The number of piperidine rings is 1. The van der Waals surface area contributed by atoms with Gasteiger partial charge in [0.25, 0.3) is 0 Å². The summed E-state index contributed by atoms with van der Waals surface area (Å²) in [5.74, 6) is -0.0870. The summed E-state index contributed by atoms with van der Waals surface area (Å²) in [6.07, 6.45) is 3.06. The van der Waals surface area contributed by atoms with Crippen LogP contribution in [0.25, 0.3) is 11.0 Å². The van der Waals surface area contributed by atoms with Gasteiger partial charge in [-0.3, -0.25) is 14.8 Å². The van der Waals surface area contributed by atoms with E-state index in [0.29, 0.717) is 29.1 Å². The average Bonchev–Trinajstić information content (AvgIpc) is 2.65. The van der Waals surface area contributed by atoms with E-state index < -0.39 is 6.10 Å². The fourth-order valence-electron chi connectivity index (χ4n) is 3.63. The quantitative estimate of drug-likeness (QED) is 0.855. The lowest BCUT2D eigenvalue weighted by atomic mass is 9.94. The first-order valence-electron chi connectivity index (χ1n) is 9.28. The van der Waals surface area contributed by atoms with E-state index in [0.717, 1.165) is 18.7 Å². The molecule has 2 aromatic rings. The Balaban J connectivity index is 1.86. The van der Waals surface area contributed by atoms with Gasteiger partial charge in [0.15, 0.2) is 0 Å². The molecule has 1 aromatic carbocycles. The number of nitrogens with zero attached hydrogens (tertiary/aromatic N) is 4. The van der Waals surface area contributed by atoms with E-state index in [1.165, 1.54) is 0 Å². The molecule has 3 rings (SSSR count). The molecule has 3 atom stereocenters. The van der Waals surface area contributed by atoms with Crippen LogP contribution < -0.4 is 10.2 Å². The number of benzene rings is 1. The number of hydrogen-bond donors (Lipinski definition) is 2. The van der Waals surface area contributed by atoms with E-state index in [4.69, 9.17) is 0 Å². The lowest BCUT2D eigenvalue weighted by Gasteiger charge is -2.38. The van der Waals surface area contributed by atoms with Gasteiger partial charge in [0.05, 0.1) is 11.3 Å². The standard InChI is InChI=1S/C20H25N5O2/c1-12(2)19(26)20(27)24-15-8-13(3)10-25(11-15)16-5-4-14(9-21)17-18(16)23-7-6-22-17/h4-7,12-13,15,19,26H,8,10-11H2,1-3H3,(H,24,27)/t13-,15+,19?/m0/s1. The summed E-state index contributed by atoms with van der Waals surface area (Å²) in [6.45, 7) is 7.24. The predicted molar refractivity (Wildman–Crippen MR) is 103 cm³/mol. The van der Waals surface area contributed by atoms with Gasteiger partial charge in [0, 0.05) is 31.5 Å². The molecule has 142 valence electrons. The average molecular weight is 367 g/mol. The molecule has 2 heterocycles. The van der Waals surface area contributed by atoms with Crippen molar-refractivity contribution in [3.63, 3.8) is 0 Å². The van der Waals surface area contributed by atoms with Crippen LogP contribution in [0.2, 0.25) is 0 Å². The zero-order valence-electron chi connectivity index (χ0n) is 15.9. The highest BCUT2D eigenvalue weighted by atomic mass is 16.3. The predicted octanol–water partition coefficient (Wildman–Crippen LogP) is 1.85. The molecule has 0 bridgehead atoms. The number of aliphatic hydroxyl groups excluding tert-OH is 1. The van der Waals surface area contributed by atoms with Crippen LogP contribution in [0.1, 0.15) is 32.8 Å². The molecule has 1 aliphatic rings. The minimum absolute atomic E-state index is 0.0583. The van der Waals surface area contributed by atoms with Gasteiger partial charge in [-0.05, 0) is 30.4 Å². The normalized spacial score (nSPS) is 21.1. The number of hydrogen-bond acceptors (Lipinski definition) is 6. The smallest absolute Gasteiger partial charge is 0.249 e. The Bertz CT molecular complexity index is 876. The molecule has 1 saturated heterocycles. The van der Waals surface area contributed by atoms with Crippen LogP contribution in [0.5, 0.6) is 0 Å². The first kappa shape index (κ1) is 19.1. The second-order valence-corrected chi connectivity index (χ2v) is 7.64. The fraction of sp³-hybridized carbons (Fsp3) is 0.500.